The number of carbonyl (C=O) groups excluding carboxylic acids is 3. The molecule has 6 heteroatoms. The summed E-state index contributed by atoms with van der Waals surface area (Å²) in [5.41, 5.74) is 0. The zero-order valence-corrected chi connectivity index (χ0v) is 54.6. The highest BCUT2D eigenvalue weighted by molar-refractivity contribution is 5.71. The Morgan fingerprint density at radius 3 is 0.625 bits per heavy atom. The van der Waals surface area contributed by atoms with Crippen LogP contribution in [0.4, 0.5) is 0 Å². The summed E-state index contributed by atoms with van der Waals surface area (Å²) >= 11 is 0. The smallest absolute Gasteiger partial charge is 0.306 e. The molecule has 0 aromatic heterocycles. The highest BCUT2D eigenvalue weighted by Gasteiger charge is 2.20. The SMILES string of the molecule is CCCCCCCCCC/C=C\CCCCCCCCCCCCCCCCCC(=O)OCC(COC(=O)CCCCCCCCCCCCCC)OC(=O)CCCCCCCCCCCCCCCCCCCCCCCCC. The summed E-state index contributed by atoms with van der Waals surface area (Å²) in [6.45, 7) is 6.73. The number of hydrogen-bond donors (Lipinski definition) is 0. The molecule has 6 nitrogen and oxygen atoms in total. The van der Waals surface area contributed by atoms with Crippen LogP contribution in [0.3, 0.4) is 0 Å². The van der Waals surface area contributed by atoms with Gasteiger partial charge in [-0.1, -0.05) is 373 Å². The fourth-order valence-electron chi connectivity index (χ4n) is 11.5. The third kappa shape index (κ3) is 66.9. The molecule has 1 unspecified atom stereocenters. The van der Waals surface area contributed by atoms with Gasteiger partial charge < -0.3 is 14.2 Å². The van der Waals surface area contributed by atoms with Crippen LogP contribution >= 0.6 is 0 Å². The second kappa shape index (κ2) is 69.6. The minimum Gasteiger partial charge on any atom is -0.462 e. The number of hydrogen-bond acceptors (Lipinski definition) is 6. The molecule has 0 bridgehead atoms. The van der Waals surface area contributed by atoms with E-state index >= 15 is 0 Å². The van der Waals surface area contributed by atoms with Crippen LogP contribution in [0.1, 0.15) is 425 Å². The first-order valence-electron chi connectivity index (χ1n) is 36.7. The van der Waals surface area contributed by atoms with Gasteiger partial charge in [-0.3, -0.25) is 14.4 Å². The molecule has 1 atom stereocenters. The van der Waals surface area contributed by atoms with Gasteiger partial charge in [0.2, 0.25) is 0 Å². The van der Waals surface area contributed by atoms with Crippen molar-refractivity contribution in [1.29, 1.82) is 0 Å². The zero-order chi connectivity index (χ0) is 57.8. The molecule has 80 heavy (non-hydrogen) atoms. The monoisotopic (exact) mass is 1130 g/mol. The molecule has 0 saturated carbocycles. The van der Waals surface area contributed by atoms with Crippen LogP contribution in [0.5, 0.6) is 0 Å². The molecule has 0 aliphatic rings. The maximum Gasteiger partial charge on any atom is 0.306 e. The van der Waals surface area contributed by atoms with Crippen LogP contribution in [0.15, 0.2) is 12.2 Å². The molecule has 0 rings (SSSR count). The summed E-state index contributed by atoms with van der Waals surface area (Å²) in [5, 5.41) is 0. The van der Waals surface area contributed by atoms with Gasteiger partial charge in [0, 0.05) is 19.3 Å². The van der Waals surface area contributed by atoms with Crippen molar-refractivity contribution in [3.8, 4) is 0 Å². The van der Waals surface area contributed by atoms with Gasteiger partial charge in [0.25, 0.3) is 0 Å². The molecule has 0 saturated heterocycles. The Kier molecular flexibility index (Phi) is 68.0. The van der Waals surface area contributed by atoms with Crippen LogP contribution in [0.25, 0.3) is 0 Å². The number of unbranched alkanes of at least 4 members (excludes halogenated alkanes) is 56. The molecule has 0 aliphatic carbocycles. The Balaban J connectivity index is 4.16. The summed E-state index contributed by atoms with van der Waals surface area (Å²) in [7, 11) is 0. The average Bonchev–Trinajstić information content (AvgIpc) is 3.46. The summed E-state index contributed by atoms with van der Waals surface area (Å²) in [6.07, 6.45) is 84.0. The molecular weight excluding hydrogens is 985 g/mol. The number of ether oxygens (including phenoxy) is 3. The maximum absolute atomic E-state index is 13.0. The Morgan fingerprint density at radius 2 is 0.412 bits per heavy atom. The molecule has 0 heterocycles. The van der Waals surface area contributed by atoms with Gasteiger partial charge in [0.15, 0.2) is 6.10 Å². The third-order valence-electron chi connectivity index (χ3n) is 17.0. The van der Waals surface area contributed by atoms with Gasteiger partial charge in [-0.2, -0.15) is 0 Å². The molecule has 0 radical (unpaired) electrons. The number of esters is 3. The van der Waals surface area contributed by atoms with Gasteiger partial charge in [0.1, 0.15) is 13.2 Å². The summed E-state index contributed by atoms with van der Waals surface area (Å²) < 4.78 is 17.0. The molecular formula is C74H142O6. The van der Waals surface area contributed by atoms with Crippen molar-refractivity contribution in [3.05, 3.63) is 12.2 Å². The molecule has 0 aromatic rings. The van der Waals surface area contributed by atoms with Gasteiger partial charge in [-0.15, -0.1) is 0 Å². The van der Waals surface area contributed by atoms with Crippen LogP contribution in [-0.4, -0.2) is 37.2 Å². The van der Waals surface area contributed by atoms with Crippen molar-refractivity contribution in [3.63, 3.8) is 0 Å². The standard InChI is InChI=1S/C74H142O6/c1-4-7-10-13-16-19-22-25-27-29-31-33-35-36-37-38-40-41-43-45-47-49-52-55-58-61-64-67-73(76)79-70-71(69-78-72(75)66-63-60-57-54-51-24-21-18-15-12-9-6-3)80-74(77)68-65-62-59-56-53-50-48-46-44-42-39-34-32-30-28-26-23-20-17-14-11-8-5-2/h29,31,71H,4-28,30,32-70H2,1-3H3/b31-29-. The normalized spacial score (nSPS) is 12.0. The van der Waals surface area contributed by atoms with Crippen molar-refractivity contribution in [1.82, 2.24) is 0 Å². The first kappa shape index (κ1) is 78.1. The number of rotatable bonds is 69. The summed E-state index contributed by atoms with van der Waals surface area (Å²) in [6, 6.07) is 0. The van der Waals surface area contributed by atoms with Crippen molar-refractivity contribution in [2.45, 2.75) is 431 Å². The average molecular weight is 1130 g/mol. The first-order chi connectivity index (χ1) is 39.5. The largest absolute Gasteiger partial charge is 0.462 e. The summed E-state index contributed by atoms with van der Waals surface area (Å²) in [4.78, 5) is 38.4. The predicted octanol–water partition coefficient (Wildman–Crippen LogP) is 25.2. The quantitative estimate of drug-likeness (QED) is 0.0261. The molecule has 0 N–H and O–H groups in total. The fraction of sp³-hybridized carbons (Fsp3) is 0.932. The topological polar surface area (TPSA) is 78.9 Å². The van der Waals surface area contributed by atoms with Gasteiger partial charge >= 0.3 is 17.9 Å². The molecule has 0 fully saturated rings. The van der Waals surface area contributed by atoms with E-state index in [0.717, 1.165) is 57.8 Å². The Morgan fingerprint density at radius 1 is 0.237 bits per heavy atom. The predicted molar refractivity (Wildman–Crippen MR) is 349 cm³/mol. The van der Waals surface area contributed by atoms with Gasteiger partial charge in [-0.05, 0) is 44.9 Å². The highest BCUT2D eigenvalue weighted by Crippen LogP contribution is 2.19. The third-order valence-corrected chi connectivity index (χ3v) is 17.0. The molecule has 0 amide bonds. The molecule has 0 aliphatic heterocycles. The first-order valence-corrected chi connectivity index (χ1v) is 36.7. The van der Waals surface area contributed by atoms with E-state index in [1.54, 1.807) is 0 Å². The highest BCUT2D eigenvalue weighted by atomic mass is 16.6. The van der Waals surface area contributed by atoms with E-state index in [9.17, 15) is 14.4 Å². The second-order valence-electron chi connectivity index (χ2n) is 25.2. The number of allylic oxidation sites excluding steroid dienone is 2. The minimum atomic E-state index is -0.765. The zero-order valence-electron chi connectivity index (χ0n) is 54.6. The van der Waals surface area contributed by atoms with E-state index in [1.165, 1.54) is 327 Å². The minimum absolute atomic E-state index is 0.0623. The van der Waals surface area contributed by atoms with E-state index in [1.807, 2.05) is 0 Å². The Bertz CT molecular complexity index is 1250. The van der Waals surface area contributed by atoms with Crippen LogP contribution in [-0.2, 0) is 28.6 Å². The second-order valence-corrected chi connectivity index (χ2v) is 25.2. The van der Waals surface area contributed by atoms with Crippen molar-refractivity contribution in [2.24, 2.45) is 0 Å². The lowest BCUT2D eigenvalue weighted by Crippen LogP contribution is -2.30. The van der Waals surface area contributed by atoms with E-state index in [2.05, 4.69) is 32.9 Å². The lowest BCUT2D eigenvalue weighted by molar-refractivity contribution is -0.167. The van der Waals surface area contributed by atoms with E-state index in [0.29, 0.717) is 19.3 Å². The van der Waals surface area contributed by atoms with E-state index in [-0.39, 0.29) is 31.1 Å². The van der Waals surface area contributed by atoms with Gasteiger partial charge in [-0.25, -0.2) is 0 Å². The van der Waals surface area contributed by atoms with Crippen molar-refractivity contribution >= 4 is 17.9 Å². The van der Waals surface area contributed by atoms with E-state index < -0.39 is 6.10 Å². The van der Waals surface area contributed by atoms with Crippen molar-refractivity contribution < 1.29 is 28.6 Å². The fourth-order valence-corrected chi connectivity index (χ4v) is 11.5. The Labute approximate surface area is 501 Å². The van der Waals surface area contributed by atoms with Crippen LogP contribution in [0.2, 0.25) is 0 Å². The van der Waals surface area contributed by atoms with Crippen molar-refractivity contribution in [2.75, 3.05) is 13.2 Å². The summed E-state index contributed by atoms with van der Waals surface area (Å²) in [5.74, 6) is -0.825. The number of carbonyl (C=O) groups is 3. The molecule has 474 valence electrons. The molecule has 0 aromatic carbocycles. The Hall–Kier alpha value is -1.85. The van der Waals surface area contributed by atoms with Gasteiger partial charge in [0.05, 0.1) is 0 Å². The molecule has 0 spiro atoms. The lowest BCUT2D eigenvalue weighted by atomic mass is 10.0. The lowest BCUT2D eigenvalue weighted by Gasteiger charge is -2.18. The van der Waals surface area contributed by atoms with Crippen LogP contribution < -0.4 is 0 Å². The maximum atomic E-state index is 13.0. The van der Waals surface area contributed by atoms with E-state index in [4.69, 9.17) is 14.2 Å². The van der Waals surface area contributed by atoms with Crippen LogP contribution in [0, 0.1) is 0 Å².